The van der Waals surface area contributed by atoms with E-state index in [2.05, 4.69) is 35.8 Å². The first-order chi connectivity index (χ1) is 15.6. The molecule has 0 radical (unpaired) electrons. The normalized spacial score (nSPS) is 14.1. The third kappa shape index (κ3) is 6.26. The molecule has 3 rings (SSSR count). The minimum Gasteiger partial charge on any atom is -0.347 e. The standard InChI is InChI=1S/C20H25ClN8O4/c1-28(2)20(33)13(9-23-18(31)19(32)27-15-5-4-11(21)8-22-15)26-17(30)16-24-12-6-7-29(3)10-14(12)25-16/h4-5,8,13H,6-7,9-10H2,1-3H3,(H,23,31)(H,24,25)(H,26,30)(H,22,27,32). The highest BCUT2D eigenvalue weighted by atomic mass is 35.5. The van der Waals surface area contributed by atoms with Crippen LogP contribution < -0.4 is 16.0 Å². The van der Waals surface area contributed by atoms with Gasteiger partial charge in [0.1, 0.15) is 11.9 Å². The Labute approximate surface area is 195 Å². The number of likely N-dealkylation sites (N-methyl/N-ethyl adjacent to an activating group) is 2. The van der Waals surface area contributed by atoms with Gasteiger partial charge in [0.2, 0.25) is 5.91 Å². The first-order valence-corrected chi connectivity index (χ1v) is 10.5. The monoisotopic (exact) mass is 476 g/mol. The van der Waals surface area contributed by atoms with Crippen molar-refractivity contribution in [2.45, 2.75) is 19.0 Å². The van der Waals surface area contributed by atoms with Gasteiger partial charge in [-0.1, -0.05) is 11.6 Å². The molecule has 0 saturated carbocycles. The minimum absolute atomic E-state index is 0.0877. The lowest BCUT2D eigenvalue weighted by molar-refractivity contribution is -0.136. The number of imidazole rings is 1. The van der Waals surface area contributed by atoms with Crippen molar-refractivity contribution in [3.8, 4) is 0 Å². The number of nitrogens with zero attached hydrogens (tertiary/aromatic N) is 4. The molecule has 1 unspecified atom stereocenters. The summed E-state index contributed by atoms with van der Waals surface area (Å²) in [4.78, 5) is 64.1. The highest BCUT2D eigenvalue weighted by Crippen LogP contribution is 2.15. The number of hydrogen-bond donors (Lipinski definition) is 4. The molecule has 0 aromatic carbocycles. The highest BCUT2D eigenvalue weighted by Gasteiger charge is 2.27. The van der Waals surface area contributed by atoms with E-state index < -0.39 is 29.7 Å². The minimum atomic E-state index is -1.11. The van der Waals surface area contributed by atoms with Gasteiger partial charge in [-0.15, -0.1) is 0 Å². The van der Waals surface area contributed by atoms with E-state index in [9.17, 15) is 19.2 Å². The molecule has 1 atom stereocenters. The second-order valence-corrected chi connectivity index (χ2v) is 8.22. The Morgan fingerprint density at radius 2 is 2.00 bits per heavy atom. The Kier molecular flexibility index (Phi) is 7.61. The number of nitrogens with one attached hydrogen (secondary N) is 4. The Balaban J connectivity index is 1.62. The Morgan fingerprint density at radius 3 is 2.67 bits per heavy atom. The van der Waals surface area contributed by atoms with Crippen molar-refractivity contribution in [3.05, 3.63) is 40.6 Å². The molecule has 13 heteroatoms. The Morgan fingerprint density at radius 1 is 1.24 bits per heavy atom. The van der Waals surface area contributed by atoms with E-state index in [1.807, 2.05) is 7.05 Å². The summed E-state index contributed by atoms with van der Waals surface area (Å²) in [5.41, 5.74) is 1.67. The molecule has 1 aliphatic heterocycles. The smallest absolute Gasteiger partial charge is 0.314 e. The largest absolute Gasteiger partial charge is 0.347 e. The summed E-state index contributed by atoms with van der Waals surface area (Å²) in [6.07, 6.45) is 2.03. The van der Waals surface area contributed by atoms with Crippen molar-refractivity contribution in [2.75, 3.05) is 39.5 Å². The number of hydrogen-bond acceptors (Lipinski definition) is 7. The number of fused-ring (bicyclic) bond motifs is 1. The average molecular weight is 477 g/mol. The van der Waals surface area contributed by atoms with Crippen LogP contribution in [-0.2, 0) is 27.3 Å². The van der Waals surface area contributed by atoms with Crippen LogP contribution in [0.5, 0.6) is 0 Å². The number of halogens is 1. The fourth-order valence-electron chi connectivity index (χ4n) is 3.17. The predicted molar refractivity (Wildman–Crippen MR) is 119 cm³/mol. The van der Waals surface area contributed by atoms with Crippen molar-refractivity contribution in [2.24, 2.45) is 0 Å². The first-order valence-electron chi connectivity index (χ1n) is 10.1. The fourth-order valence-corrected chi connectivity index (χ4v) is 3.28. The second-order valence-electron chi connectivity index (χ2n) is 7.78. The maximum Gasteiger partial charge on any atom is 0.314 e. The molecule has 3 heterocycles. The molecule has 4 N–H and O–H groups in total. The number of rotatable bonds is 6. The molecule has 12 nitrogen and oxygen atoms in total. The molecule has 0 fully saturated rings. The maximum absolute atomic E-state index is 12.7. The summed E-state index contributed by atoms with van der Waals surface area (Å²) >= 11 is 5.74. The zero-order valence-electron chi connectivity index (χ0n) is 18.4. The van der Waals surface area contributed by atoms with E-state index >= 15 is 0 Å². The number of anilines is 1. The van der Waals surface area contributed by atoms with Crippen LogP contribution >= 0.6 is 11.6 Å². The van der Waals surface area contributed by atoms with E-state index in [-0.39, 0.29) is 18.2 Å². The number of carbonyl (C=O) groups is 4. The van der Waals surface area contributed by atoms with Gasteiger partial charge < -0.3 is 30.7 Å². The number of carbonyl (C=O) groups excluding carboxylic acids is 4. The van der Waals surface area contributed by atoms with Gasteiger partial charge in [-0.05, 0) is 19.2 Å². The van der Waals surface area contributed by atoms with E-state index in [0.717, 1.165) is 17.9 Å². The van der Waals surface area contributed by atoms with Crippen LogP contribution in [0.25, 0.3) is 0 Å². The predicted octanol–water partition coefficient (Wildman–Crippen LogP) is -0.612. The zero-order valence-corrected chi connectivity index (χ0v) is 19.2. The summed E-state index contributed by atoms with van der Waals surface area (Å²) in [6, 6.07) is 1.84. The van der Waals surface area contributed by atoms with Crippen LogP contribution in [0, 0.1) is 0 Å². The molecule has 0 spiro atoms. The zero-order chi connectivity index (χ0) is 24.1. The third-order valence-corrected chi connectivity index (χ3v) is 5.15. The second kappa shape index (κ2) is 10.4. The van der Waals surface area contributed by atoms with E-state index in [4.69, 9.17) is 11.6 Å². The van der Waals surface area contributed by atoms with Gasteiger partial charge in [-0.3, -0.25) is 19.2 Å². The molecule has 2 aromatic heterocycles. The van der Waals surface area contributed by atoms with Crippen LogP contribution in [0.3, 0.4) is 0 Å². The average Bonchev–Trinajstić information content (AvgIpc) is 3.20. The van der Waals surface area contributed by atoms with Gasteiger partial charge in [0.05, 0.1) is 16.4 Å². The Hall–Kier alpha value is -3.51. The van der Waals surface area contributed by atoms with Gasteiger partial charge >= 0.3 is 11.8 Å². The van der Waals surface area contributed by atoms with Gasteiger partial charge in [0.25, 0.3) is 5.91 Å². The summed E-state index contributed by atoms with van der Waals surface area (Å²) in [5.74, 6) is -2.79. The topological polar surface area (TPSA) is 152 Å². The van der Waals surface area contributed by atoms with Crippen LogP contribution in [0.1, 0.15) is 22.0 Å². The van der Waals surface area contributed by atoms with Crippen LogP contribution in [-0.4, -0.2) is 88.7 Å². The lowest BCUT2D eigenvalue weighted by Gasteiger charge is -2.21. The van der Waals surface area contributed by atoms with Gasteiger partial charge in [0.15, 0.2) is 5.82 Å². The SMILES string of the molecule is CN1CCc2nc(C(=O)NC(CNC(=O)C(=O)Nc3ccc(Cl)cn3)C(=O)N(C)C)[nH]c2C1. The number of H-pyrrole nitrogens is 1. The van der Waals surface area contributed by atoms with Gasteiger partial charge in [-0.25, -0.2) is 9.97 Å². The van der Waals surface area contributed by atoms with E-state index in [0.29, 0.717) is 18.0 Å². The summed E-state index contributed by atoms with van der Waals surface area (Å²) in [5, 5.41) is 7.63. The van der Waals surface area contributed by atoms with Crippen molar-refractivity contribution < 1.29 is 19.2 Å². The van der Waals surface area contributed by atoms with Gasteiger partial charge in [-0.2, -0.15) is 0 Å². The molecule has 33 heavy (non-hydrogen) atoms. The lowest BCUT2D eigenvalue weighted by atomic mass is 10.2. The van der Waals surface area contributed by atoms with E-state index in [1.165, 1.54) is 37.3 Å². The van der Waals surface area contributed by atoms with Crippen LogP contribution in [0.15, 0.2) is 18.3 Å². The van der Waals surface area contributed by atoms with Crippen LogP contribution in [0.4, 0.5) is 5.82 Å². The molecule has 0 bridgehead atoms. The molecule has 0 aliphatic carbocycles. The quantitative estimate of drug-likeness (QED) is 0.405. The highest BCUT2D eigenvalue weighted by molar-refractivity contribution is 6.39. The van der Waals surface area contributed by atoms with Gasteiger partial charge in [0, 0.05) is 46.3 Å². The number of aromatic nitrogens is 3. The number of aromatic amines is 1. The lowest BCUT2D eigenvalue weighted by Crippen LogP contribution is -2.53. The maximum atomic E-state index is 12.7. The van der Waals surface area contributed by atoms with Crippen LogP contribution in [0.2, 0.25) is 5.02 Å². The third-order valence-electron chi connectivity index (χ3n) is 4.92. The van der Waals surface area contributed by atoms with Crippen molar-refractivity contribution in [3.63, 3.8) is 0 Å². The molecular weight excluding hydrogens is 452 g/mol. The molecule has 2 aromatic rings. The van der Waals surface area contributed by atoms with Crippen molar-refractivity contribution in [1.82, 2.24) is 35.4 Å². The Bertz CT molecular complexity index is 1050. The first kappa shape index (κ1) is 24.1. The van der Waals surface area contributed by atoms with Crippen molar-refractivity contribution >= 4 is 41.0 Å². The van der Waals surface area contributed by atoms with E-state index in [1.54, 1.807) is 0 Å². The summed E-state index contributed by atoms with van der Waals surface area (Å²) in [6.45, 7) is 1.18. The summed E-state index contributed by atoms with van der Waals surface area (Å²) in [7, 11) is 5.00. The van der Waals surface area contributed by atoms with Crippen molar-refractivity contribution in [1.29, 1.82) is 0 Å². The summed E-state index contributed by atoms with van der Waals surface area (Å²) < 4.78 is 0. The fraction of sp³-hybridized carbons (Fsp3) is 0.400. The number of amides is 4. The molecule has 1 aliphatic rings. The molecule has 176 valence electrons. The molecule has 4 amide bonds. The molecule has 0 saturated heterocycles. The number of pyridine rings is 1. The molecular formula is C20H25ClN8O4.